The molecule has 1 aromatic rings. The molecule has 9 heavy (non-hydrogen) atoms. The molecule has 0 atom stereocenters. The Balaban J connectivity index is 3.07. The van der Waals surface area contributed by atoms with Crippen molar-refractivity contribution in [3.63, 3.8) is 0 Å². The van der Waals surface area contributed by atoms with E-state index < -0.39 is 6.73 Å². The van der Waals surface area contributed by atoms with Crippen LogP contribution in [0.2, 0.25) is 0 Å². The summed E-state index contributed by atoms with van der Waals surface area (Å²) >= 11 is 0. The highest BCUT2D eigenvalue weighted by Crippen LogP contribution is 2.19. The third kappa shape index (κ3) is 0.837. The molecule has 0 saturated carbocycles. The van der Waals surface area contributed by atoms with E-state index in [9.17, 15) is 0 Å². The van der Waals surface area contributed by atoms with E-state index in [4.69, 9.17) is 15.3 Å². The van der Waals surface area contributed by atoms with Crippen molar-refractivity contribution in [1.29, 1.82) is 0 Å². The molecule has 3 N–H and O–H groups in total. The Labute approximate surface area is 51.6 Å². The fraction of sp³-hybridized carbons (Fsp3) is 0.200. The quantitative estimate of drug-likeness (QED) is 0.494. The van der Waals surface area contributed by atoms with Gasteiger partial charge in [0.15, 0.2) is 11.8 Å². The second-order valence-corrected chi connectivity index (χ2v) is 1.62. The van der Waals surface area contributed by atoms with Crippen LogP contribution < -0.4 is 0 Å². The van der Waals surface area contributed by atoms with Gasteiger partial charge in [-0.15, -0.1) is 0 Å². The highest BCUT2D eigenvalue weighted by molar-refractivity contribution is 5.22. The molecule has 0 aliphatic carbocycles. The van der Waals surface area contributed by atoms with Gasteiger partial charge in [-0.1, -0.05) is 0 Å². The van der Waals surface area contributed by atoms with Gasteiger partial charge in [0.1, 0.15) is 6.73 Å². The highest BCUT2D eigenvalue weighted by atomic mass is 16.3. The predicted octanol–water partition coefficient (Wildman–Crippen LogP) is -0.151. The Morgan fingerprint density at radius 3 is 1.89 bits per heavy atom. The van der Waals surface area contributed by atoms with E-state index in [-0.39, 0.29) is 11.8 Å². The number of aliphatic hydroxyl groups is 1. The summed E-state index contributed by atoms with van der Waals surface area (Å²) in [7, 11) is 0. The second-order valence-electron chi connectivity index (χ2n) is 1.62. The van der Waals surface area contributed by atoms with Gasteiger partial charge in [0, 0.05) is 12.1 Å². The molecule has 1 rings (SSSR count). The van der Waals surface area contributed by atoms with Crippen LogP contribution in [-0.2, 0) is 6.73 Å². The molecule has 50 valence electrons. The lowest BCUT2D eigenvalue weighted by Gasteiger charge is -1.98. The van der Waals surface area contributed by atoms with Crippen LogP contribution in [0.1, 0.15) is 0 Å². The fourth-order valence-electron chi connectivity index (χ4n) is 0.591. The van der Waals surface area contributed by atoms with E-state index in [0.717, 1.165) is 4.57 Å². The first-order valence-electron chi connectivity index (χ1n) is 2.44. The molecule has 0 spiro atoms. The maximum Gasteiger partial charge on any atom is 0.195 e. The van der Waals surface area contributed by atoms with Gasteiger partial charge in [-0.3, -0.25) is 4.57 Å². The minimum atomic E-state index is -0.412. The van der Waals surface area contributed by atoms with E-state index in [1.165, 1.54) is 12.1 Å². The van der Waals surface area contributed by atoms with Crippen molar-refractivity contribution in [2.24, 2.45) is 0 Å². The Bertz CT molecular complexity index is 186. The molecule has 0 unspecified atom stereocenters. The van der Waals surface area contributed by atoms with Crippen molar-refractivity contribution in [2.75, 3.05) is 0 Å². The summed E-state index contributed by atoms with van der Waals surface area (Å²) in [5.41, 5.74) is 0. The van der Waals surface area contributed by atoms with Crippen LogP contribution in [0.25, 0.3) is 0 Å². The van der Waals surface area contributed by atoms with E-state index in [1.54, 1.807) is 0 Å². The molecule has 0 aromatic carbocycles. The molecule has 4 heteroatoms. The molecule has 0 saturated heterocycles. The van der Waals surface area contributed by atoms with Gasteiger partial charge >= 0.3 is 0 Å². The van der Waals surface area contributed by atoms with E-state index in [1.807, 2.05) is 0 Å². The summed E-state index contributed by atoms with van der Waals surface area (Å²) in [6.45, 7) is -0.412. The summed E-state index contributed by atoms with van der Waals surface area (Å²) in [6.07, 6.45) is 0. The first kappa shape index (κ1) is 5.97. The first-order valence-corrected chi connectivity index (χ1v) is 2.44. The van der Waals surface area contributed by atoms with Gasteiger partial charge in [-0.25, -0.2) is 0 Å². The summed E-state index contributed by atoms with van der Waals surface area (Å²) in [5.74, 6) is -0.287. The van der Waals surface area contributed by atoms with Crippen LogP contribution >= 0.6 is 0 Å². The van der Waals surface area contributed by atoms with E-state index >= 15 is 0 Å². The second kappa shape index (κ2) is 1.99. The SMILES string of the molecule is OCn1c(O)ccc1O. The van der Waals surface area contributed by atoms with Crippen LogP contribution in [0.3, 0.4) is 0 Å². The van der Waals surface area contributed by atoms with Crippen LogP contribution in [0.4, 0.5) is 0 Å². The van der Waals surface area contributed by atoms with Gasteiger partial charge in [0.25, 0.3) is 0 Å². The summed E-state index contributed by atoms with van der Waals surface area (Å²) < 4.78 is 0.958. The van der Waals surface area contributed by atoms with Crippen LogP contribution in [0.15, 0.2) is 12.1 Å². The lowest BCUT2D eigenvalue weighted by molar-refractivity contribution is 0.183. The van der Waals surface area contributed by atoms with Crippen LogP contribution in [0, 0.1) is 0 Å². The fourth-order valence-corrected chi connectivity index (χ4v) is 0.591. The zero-order valence-electron chi connectivity index (χ0n) is 4.65. The number of hydrogen-bond donors (Lipinski definition) is 3. The average Bonchev–Trinajstić information content (AvgIpc) is 2.12. The molecule has 1 aromatic heterocycles. The van der Waals surface area contributed by atoms with Crippen LogP contribution in [0.5, 0.6) is 11.8 Å². The molecule has 0 aliphatic heterocycles. The number of aromatic hydroxyl groups is 2. The minimum Gasteiger partial charge on any atom is -0.494 e. The Kier molecular flexibility index (Phi) is 1.32. The Hall–Kier alpha value is -1.16. The summed E-state index contributed by atoms with van der Waals surface area (Å²) in [6, 6.07) is 2.59. The normalized spacial score (nSPS) is 9.89. The highest BCUT2D eigenvalue weighted by Gasteiger charge is 2.01. The van der Waals surface area contributed by atoms with Crippen molar-refractivity contribution < 1.29 is 15.3 Å². The molecule has 0 fully saturated rings. The monoisotopic (exact) mass is 129 g/mol. The van der Waals surface area contributed by atoms with Crippen molar-refractivity contribution in [2.45, 2.75) is 6.73 Å². The molecule has 1 heterocycles. The zero-order valence-corrected chi connectivity index (χ0v) is 4.65. The lowest BCUT2D eigenvalue weighted by atomic mass is 10.6. The maximum atomic E-state index is 8.77. The van der Waals surface area contributed by atoms with Gasteiger partial charge in [0.05, 0.1) is 0 Å². The number of aromatic nitrogens is 1. The van der Waals surface area contributed by atoms with Gasteiger partial charge in [-0.05, 0) is 0 Å². The largest absolute Gasteiger partial charge is 0.494 e. The van der Waals surface area contributed by atoms with Crippen LogP contribution in [-0.4, -0.2) is 19.9 Å². The van der Waals surface area contributed by atoms with Crippen molar-refractivity contribution in [1.82, 2.24) is 4.57 Å². The molecule has 0 aliphatic rings. The standard InChI is InChI=1S/C5H7NO3/c7-3-6-4(8)1-2-5(6)9/h1-2,7-9H,3H2. The minimum absolute atomic E-state index is 0.144. The lowest BCUT2D eigenvalue weighted by Crippen LogP contribution is -1.93. The smallest absolute Gasteiger partial charge is 0.195 e. The van der Waals surface area contributed by atoms with Gasteiger partial charge in [-0.2, -0.15) is 0 Å². The molecule has 0 radical (unpaired) electrons. The zero-order chi connectivity index (χ0) is 6.85. The number of nitrogens with zero attached hydrogens (tertiary/aromatic N) is 1. The molecule has 0 amide bonds. The first-order chi connectivity index (χ1) is 4.25. The molecular weight excluding hydrogens is 122 g/mol. The van der Waals surface area contributed by atoms with Crippen molar-refractivity contribution in [3.05, 3.63) is 12.1 Å². The number of hydrogen-bond acceptors (Lipinski definition) is 3. The predicted molar refractivity (Wildman–Crippen MR) is 30.0 cm³/mol. The number of rotatable bonds is 1. The molecular formula is C5H7NO3. The summed E-state index contributed by atoms with van der Waals surface area (Å²) in [5, 5.41) is 26.0. The molecule has 0 bridgehead atoms. The van der Waals surface area contributed by atoms with Gasteiger partial charge in [0.2, 0.25) is 0 Å². The third-order valence-corrected chi connectivity index (χ3v) is 1.08. The third-order valence-electron chi connectivity index (χ3n) is 1.08. The maximum absolute atomic E-state index is 8.77. The van der Waals surface area contributed by atoms with Gasteiger partial charge < -0.3 is 15.3 Å². The van der Waals surface area contributed by atoms with Crippen molar-refractivity contribution >= 4 is 0 Å². The summed E-state index contributed by atoms with van der Waals surface area (Å²) in [4.78, 5) is 0. The Morgan fingerprint density at radius 1 is 1.22 bits per heavy atom. The van der Waals surface area contributed by atoms with E-state index in [2.05, 4.69) is 0 Å². The Morgan fingerprint density at radius 2 is 1.67 bits per heavy atom. The van der Waals surface area contributed by atoms with Crippen molar-refractivity contribution in [3.8, 4) is 11.8 Å². The number of aliphatic hydroxyl groups excluding tert-OH is 1. The topological polar surface area (TPSA) is 65.6 Å². The van der Waals surface area contributed by atoms with E-state index in [0.29, 0.717) is 0 Å². The average molecular weight is 129 g/mol. The molecule has 4 nitrogen and oxygen atoms in total.